The fraction of sp³-hybridized carbons (Fsp3) is 0.643. The van der Waals surface area contributed by atoms with Crippen molar-refractivity contribution in [3.8, 4) is 0 Å². The molecule has 1 fully saturated rings. The fourth-order valence-corrected chi connectivity index (χ4v) is 4.84. The van der Waals surface area contributed by atoms with Crippen LogP contribution in [0.4, 0.5) is 0 Å². The van der Waals surface area contributed by atoms with Crippen LogP contribution in [-0.4, -0.2) is 28.1 Å². The van der Waals surface area contributed by atoms with Crippen LogP contribution >= 0.6 is 0 Å². The van der Waals surface area contributed by atoms with Gasteiger partial charge in [0.2, 0.25) is 0 Å². The van der Waals surface area contributed by atoms with Crippen LogP contribution in [0.2, 0.25) is 0 Å². The molecule has 0 aromatic heterocycles. The van der Waals surface area contributed by atoms with Crippen LogP contribution in [0.3, 0.4) is 0 Å². The van der Waals surface area contributed by atoms with Crippen molar-refractivity contribution < 1.29 is 19.8 Å². The molecule has 1 aliphatic carbocycles. The Morgan fingerprint density at radius 2 is 1.88 bits per heavy atom. The van der Waals surface area contributed by atoms with Gasteiger partial charge in [-0.2, -0.15) is 0 Å². The number of carbonyl (C=O) groups excluding carboxylic acids is 1. The van der Waals surface area contributed by atoms with E-state index in [2.05, 4.69) is 26.8 Å². The van der Waals surface area contributed by atoms with Gasteiger partial charge < -0.3 is 10.2 Å². The largest absolute Gasteiger partial charge is 0.481 e. The van der Waals surface area contributed by atoms with Gasteiger partial charge >= 0.3 is 5.97 Å². The second kappa shape index (κ2) is 12.9. The summed E-state index contributed by atoms with van der Waals surface area (Å²) in [5, 5.41) is 20.2. The smallest absolute Gasteiger partial charge is 0.310 e. The summed E-state index contributed by atoms with van der Waals surface area (Å²) in [6.07, 6.45) is 12.4. The lowest BCUT2D eigenvalue weighted by molar-refractivity contribution is -0.139. The van der Waals surface area contributed by atoms with Gasteiger partial charge in [-0.05, 0) is 42.6 Å². The number of rotatable bonds is 14. The molecule has 2 rings (SSSR count). The van der Waals surface area contributed by atoms with Gasteiger partial charge in [-0.1, -0.05) is 95.4 Å². The van der Waals surface area contributed by atoms with Gasteiger partial charge in [0.25, 0.3) is 0 Å². The molecule has 2 N–H and O–H groups in total. The van der Waals surface area contributed by atoms with Gasteiger partial charge in [-0.3, -0.25) is 9.59 Å². The monoisotopic (exact) mass is 442 g/mol. The molecule has 0 radical (unpaired) electrons. The highest BCUT2D eigenvalue weighted by Crippen LogP contribution is 2.35. The van der Waals surface area contributed by atoms with E-state index in [-0.39, 0.29) is 17.3 Å². The number of allylic oxidation sites excluding steroid dienone is 1. The predicted octanol–water partition coefficient (Wildman–Crippen LogP) is 6.53. The van der Waals surface area contributed by atoms with Crippen molar-refractivity contribution >= 4 is 11.8 Å². The number of unbranched alkanes of at least 4 members (excludes halogenated alkanes) is 3. The highest BCUT2D eigenvalue weighted by atomic mass is 16.4. The molecule has 0 spiro atoms. The minimum absolute atomic E-state index is 0.0431. The summed E-state index contributed by atoms with van der Waals surface area (Å²) in [5.41, 5.74) is 0.709. The van der Waals surface area contributed by atoms with Crippen LogP contribution in [0.5, 0.6) is 0 Å². The zero-order valence-corrected chi connectivity index (χ0v) is 20.1. The highest BCUT2D eigenvalue weighted by Gasteiger charge is 2.33. The Kier molecular flexibility index (Phi) is 10.6. The second-order valence-corrected chi connectivity index (χ2v) is 10.1. The number of benzene rings is 1. The summed E-state index contributed by atoms with van der Waals surface area (Å²) in [5.74, 6) is -0.630. The van der Waals surface area contributed by atoms with Crippen molar-refractivity contribution in [3.63, 3.8) is 0 Å². The van der Waals surface area contributed by atoms with Crippen molar-refractivity contribution in [2.24, 2.45) is 17.3 Å². The quantitative estimate of drug-likeness (QED) is 0.254. The Labute approximate surface area is 194 Å². The van der Waals surface area contributed by atoms with Gasteiger partial charge in [-0.15, -0.1) is 0 Å². The first-order valence-electron chi connectivity index (χ1n) is 12.4. The number of hydrogen-bond acceptors (Lipinski definition) is 3. The van der Waals surface area contributed by atoms with E-state index in [4.69, 9.17) is 0 Å². The third-order valence-corrected chi connectivity index (χ3v) is 7.18. The molecule has 0 aliphatic heterocycles. The number of hydrogen-bond donors (Lipinski definition) is 2. The number of Topliss-reactive ketones (excluding diaryl/α,β-unsaturated/α-hetero) is 1. The summed E-state index contributed by atoms with van der Waals surface area (Å²) >= 11 is 0. The van der Waals surface area contributed by atoms with Crippen LogP contribution in [0.25, 0.3) is 0 Å². The zero-order valence-electron chi connectivity index (χ0n) is 20.1. The van der Waals surface area contributed by atoms with Crippen LogP contribution in [0, 0.1) is 17.3 Å². The average molecular weight is 443 g/mol. The van der Waals surface area contributed by atoms with Crippen molar-refractivity contribution in [1.29, 1.82) is 0 Å². The number of carboxylic acids is 1. The van der Waals surface area contributed by atoms with E-state index in [1.54, 1.807) is 0 Å². The molecule has 0 heterocycles. The highest BCUT2D eigenvalue weighted by molar-refractivity contribution is 5.83. The molecule has 1 aromatic carbocycles. The van der Waals surface area contributed by atoms with Crippen LogP contribution < -0.4 is 0 Å². The molecular weight excluding hydrogens is 400 g/mol. The third-order valence-electron chi connectivity index (χ3n) is 7.18. The summed E-state index contributed by atoms with van der Waals surface area (Å²) in [6, 6.07) is 9.42. The van der Waals surface area contributed by atoms with Gasteiger partial charge in [0.05, 0.1) is 12.0 Å². The van der Waals surface area contributed by atoms with Crippen molar-refractivity contribution in [1.82, 2.24) is 0 Å². The Morgan fingerprint density at radius 1 is 1.16 bits per heavy atom. The molecule has 178 valence electrons. The van der Waals surface area contributed by atoms with Crippen LogP contribution in [-0.2, 0) is 9.59 Å². The maximum atomic E-state index is 12.4. The number of aliphatic carboxylic acids is 1. The molecule has 1 aromatic rings. The van der Waals surface area contributed by atoms with E-state index in [0.717, 1.165) is 56.9 Å². The average Bonchev–Trinajstić information content (AvgIpc) is 3.12. The van der Waals surface area contributed by atoms with Gasteiger partial charge in [-0.25, -0.2) is 0 Å². The number of aliphatic hydroxyl groups is 1. The maximum Gasteiger partial charge on any atom is 0.310 e. The molecule has 2 unspecified atom stereocenters. The third kappa shape index (κ3) is 7.88. The zero-order chi connectivity index (χ0) is 23.6. The normalized spacial score (nSPS) is 21.2. The first kappa shape index (κ1) is 26.3. The van der Waals surface area contributed by atoms with Crippen LogP contribution in [0.15, 0.2) is 42.5 Å². The lowest BCUT2D eigenvalue weighted by atomic mass is 9.80. The SMILES string of the molecule is CCCCC(C)(C)[C@@H](O)/C=C/C1CCC(=O)[C@@H]1CCCCCC(C(=O)O)c1ccccc1. The fourth-order valence-electron chi connectivity index (χ4n) is 4.84. The number of aliphatic hydroxyl groups excluding tert-OH is 1. The molecule has 0 saturated heterocycles. The Hall–Kier alpha value is -1.94. The number of ketones is 1. The molecule has 32 heavy (non-hydrogen) atoms. The Morgan fingerprint density at radius 3 is 2.53 bits per heavy atom. The summed E-state index contributed by atoms with van der Waals surface area (Å²) in [4.78, 5) is 24.1. The second-order valence-electron chi connectivity index (χ2n) is 10.1. The Balaban J connectivity index is 1.81. The van der Waals surface area contributed by atoms with Gasteiger partial charge in [0.1, 0.15) is 5.78 Å². The topological polar surface area (TPSA) is 74.6 Å². The molecule has 0 amide bonds. The summed E-state index contributed by atoms with van der Waals surface area (Å²) < 4.78 is 0. The lowest BCUT2D eigenvalue weighted by Crippen LogP contribution is -2.27. The number of carboxylic acid groups (broad SMARTS) is 1. The molecule has 4 nitrogen and oxygen atoms in total. The Bertz CT molecular complexity index is 737. The molecule has 0 bridgehead atoms. The maximum absolute atomic E-state index is 12.4. The van der Waals surface area contributed by atoms with Crippen molar-refractivity contribution in [2.45, 2.75) is 97.0 Å². The first-order valence-corrected chi connectivity index (χ1v) is 12.4. The minimum atomic E-state index is -0.771. The van der Waals surface area contributed by atoms with Crippen molar-refractivity contribution in [3.05, 3.63) is 48.0 Å². The van der Waals surface area contributed by atoms with Crippen LogP contribution in [0.1, 0.15) is 96.5 Å². The van der Waals surface area contributed by atoms with E-state index < -0.39 is 18.0 Å². The van der Waals surface area contributed by atoms with E-state index in [9.17, 15) is 19.8 Å². The van der Waals surface area contributed by atoms with E-state index in [1.807, 2.05) is 36.4 Å². The summed E-state index contributed by atoms with van der Waals surface area (Å²) in [6.45, 7) is 6.38. The molecule has 4 heteroatoms. The minimum Gasteiger partial charge on any atom is -0.481 e. The molecular formula is C28H42O4. The molecule has 4 atom stereocenters. The van der Waals surface area contributed by atoms with E-state index in [1.165, 1.54) is 0 Å². The number of carbonyl (C=O) groups is 2. The van der Waals surface area contributed by atoms with E-state index in [0.29, 0.717) is 18.6 Å². The standard InChI is InChI=1S/C28H42O4/c1-4-5-20-28(2,3)26(30)19-17-22-16-18-25(29)23(22)14-10-7-11-15-24(27(31)32)21-12-8-6-9-13-21/h6,8-9,12-13,17,19,22-24,26,30H,4-5,7,10-11,14-16,18,20H2,1-3H3,(H,31,32)/b19-17+/t22?,23-,24?,26+/m1/s1. The molecule has 1 saturated carbocycles. The first-order chi connectivity index (χ1) is 15.3. The predicted molar refractivity (Wildman–Crippen MR) is 130 cm³/mol. The van der Waals surface area contributed by atoms with Gasteiger partial charge in [0.15, 0.2) is 0 Å². The van der Waals surface area contributed by atoms with Gasteiger partial charge in [0, 0.05) is 12.3 Å². The van der Waals surface area contributed by atoms with E-state index >= 15 is 0 Å². The lowest BCUT2D eigenvalue weighted by Gasteiger charge is -2.29. The summed E-state index contributed by atoms with van der Waals surface area (Å²) in [7, 11) is 0. The molecule has 1 aliphatic rings. The van der Waals surface area contributed by atoms with Crippen molar-refractivity contribution in [2.75, 3.05) is 0 Å².